The van der Waals surface area contributed by atoms with Crippen LogP contribution < -0.4 is 10.3 Å². The molecule has 1 aromatic heterocycles. The second-order valence-corrected chi connectivity index (χ2v) is 7.86. The fourth-order valence-electron chi connectivity index (χ4n) is 2.54. The lowest BCUT2D eigenvalue weighted by atomic mass is 10.1. The number of nitrogens with zero attached hydrogens (tertiary/aromatic N) is 4. The third kappa shape index (κ3) is 4.88. The minimum absolute atomic E-state index is 0.0195. The lowest BCUT2D eigenvalue weighted by Gasteiger charge is -2.12. The monoisotopic (exact) mass is 433 g/mol. The standard InChI is InChI=1S/C18H19N5O6S/c1-11-15(10-19)17(26)23(8-3-9-24)18(27)16(11)21-20-13-4-6-14(7-5-13)30(28,29)22-12(2)25/h4-7,24,26H,3,8-9H2,1-2H3,(H,22,25). The number of azo groups is 1. The summed E-state index contributed by atoms with van der Waals surface area (Å²) >= 11 is 0. The zero-order chi connectivity index (χ0) is 22.5. The molecule has 158 valence electrons. The van der Waals surface area contributed by atoms with E-state index >= 15 is 0 Å². The van der Waals surface area contributed by atoms with E-state index in [1.165, 1.54) is 31.2 Å². The van der Waals surface area contributed by atoms with Crippen LogP contribution in [-0.2, 0) is 21.4 Å². The number of carbonyl (C=O) groups is 1. The van der Waals surface area contributed by atoms with E-state index in [0.29, 0.717) is 0 Å². The number of amides is 1. The van der Waals surface area contributed by atoms with E-state index in [4.69, 9.17) is 5.11 Å². The topological polar surface area (TPSA) is 174 Å². The Morgan fingerprint density at radius 1 is 1.27 bits per heavy atom. The molecule has 0 atom stereocenters. The summed E-state index contributed by atoms with van der Waals surface area (Å²) in [5, 5.41) is 36.2. The van der Waals surface area contributed by atoms with Gasteiger partial charge in [0.15, 0.2) is 5.69 Å². The van der Waals surface area contributed by atoms with Gasteiger partial charge in [0.05, 0.1) is 10.6 Å². The Kier molecular flexibility index (Phi) is 7.04. The van der Waals surface area contributed by atoms with E-state index in [0.717, 1.165) is 11.5 Å². The predicted molar refractivity (Wildman–Crippen MR) is 105 cm³/mol. The normalized spacial score (nSPS) is 11.4. The van der Waals surface area contributed by atoms with Gasteiger partial charge in [-0.25, -0.2) is 13.1 Å². The Morgan fingerprint density at radius 2 is 1.90 bits per heavy atom. The zero-order valence-corrected chi connectivity index (χ0v) is 17.0. The van der Waals surface area contributed by atoms with Gasteiger partial charge in [-0.2, -0.15) is 10.4 Å². The first-order chi connectivity index (χ1) is 14.1. The van der Waals surface area contributed by atoms with Gasteiger partial charge in [0.2, 0.25) is 11.8 Å². The van der Waals surface area contributed by atoms with Crippen LogP contribution in [0.3, 0.4) is 0 Å². The van der Waals surface area contributed by atoms with Gasteiger partial charge in [0, 0.05) is 25.6 Å². The van der Waals surface area contributed by atoms with Crippen LogP contribution in [0.15, 0.2) is 44.2 Å². The van der Waals surface area contributed by atoms with Crippen LogP contribution >= 0.6 is 0 Å². The van der Waals surface area contributed by atoms with Crippen molar-refractivity contribution in [3.63, 3.8) is 0 Å². The minimum Gasteiger partial charge on any atom is -0.493 e. The maximum absolute atomic E-state index is 12.6. The van der Waals surface area contributed by atoms with Gasteiger partial charge < -0.3 is 10.2 Å². The molecule has 0 aliphatic rings. The Labute approximate surface area is 172 Å². The Bertz CT molecular complexity index is 1190. The largest absolute Gasteiger partial charge is 0.493 e. The predicted octanol–water partition coefficient (Wildman–Crippen LogP) is 1.36. The molecule has 30 heavy (non-hydrogen) atoms. The SMILES string of the molecule is CC(=O)NS(=O)(=O)c1ccc(N=Nc2c(C)c(C#N)c(O)n(CCCO)c2=O)cc1. The van der Waals surface area contributed by atoms with Crippen molar-refractivity contribution in [3.05, 3.63) is 45.7 Å². The maximum atomic E-state index is 12.6. The lowest BCUT2D eigenvalue weighted by molar-refractivity contribution is -0.117. The van der Waals surface area contributed by atoms with Crippen molar-refractivity contribution < 1.29 is 23.4 Å². The van der Waals surface area contributed by atoms with Crippen molar-refractivity contribution in [1.29, 1.82) is 5.26 Å². The maximum Gasteiger partial charge on any atom is 0.281 e. The summed E-state index contributed by atoms with van der Waals surface area (Å²) in [5.41, 5.74) is -0.653. The van der Waals surface area contributed by atoms with E-state index < -0.39 is 27.4 Å². The minimum atomic E-state index is -3.99. The van der Waals surface area contributed by atoms with Gasteiger partial charge in [-0.15, -0.1) is 5.11 Å². The van der Waals surface area contributed by atoms with Gasteiger partial charge in [0.1, 0.15) is 11.6 Å². The molecule has 0 fully saturated rings. The second kappa shape index (κ2) is 9.29. The quantitative estimate of drug-likeness (QED) is 0.552. The number of rotatable bonds is 7. The summed E-state index contributed by atoms with van der Waals surface area (Å²) in [6.07, 6.45) is 0.183. The van der Waals surface area contributed by atoms with Crippen molar-refractivity contribution in [2.24, 2.45) is 10.2 Å². The fourth-order valence-corrected chi connectivity index (χ4v) is 3.53. The molecule has 11 nitrogen and oxygen atoms in total. The van der Waals surface area contributed by atoms with Crippen LogP contribution in [0, 0.1) is 18.3 Å². The van der Waals surface area contributed by atoms with Crippen molar-refractivity contribution in [2.75, 3.05) is 6.61 Å². The molecular weight excluding hydrogens is 414 g/mol. The van der Waals surface area contributed by atoms with E-state index in [1.54, 1.807) is 0 Å². The number of pyridine rings is 1. The van der Waals surface area contributed by atoms with Gasteiger partial charge in [0.25, 0.3) is 15.6 Å². The molecule has 0 bridgehead atoms. The average Bonchev–Trinajstić information content (AvgIpc) is 2.67. The first-order valence-electron chi connectivity index (χ1n) is 8.65. The third-order valence-electron chi connectivity index (χ3n) is 4.00. The summed E-state index contributed by atoms with van der Waals surface area (Å²) in [6.45, 7) is 2.27. The van der Waals surface area contributed by atoms with Crippen LogP contribution in [-0.4, -0.2) is 35.7 Å². The van der Waals surface area contributed by atoms with E-state index in [2.05, 4.69) is 10.2 Å². The summed E-state index contributed by atoms with van der Waals surface area (Å²) in [7, 11) is -3.99. The van der Waals surface area contributed by atoms with Crippen molar-refractivity contribution in [1.82, 2.24) is 9.29 Å². The van der Waals surface area contributed by atoms with Gasteiger partial charge >= 0.3 is 0 Å². The van der Waals surface area contributed by atoms with Crippen LogP contribution in [0.2, 0.25) is 0 Å². The molecular formula is C18H19N5O6S. The molecule has 1 aromatic carbocycles. The number of aliphatic hydroxyl groups excluding tert-OH is 1. The summed E-state index contributed by atoms with van der Waals surface area (Å²) in [4.78, 5) is 23.5. The number of nitriles is 1. The number of nitrogens with one attached hydrogen (secondary N) is 1. The molecule has 0 aliphatic heterocycles. The highest BCUT2D eigenvalue weighted by Crippen LogP contribution is 2.27. The Balaban J connectivity index is 2.44. The number of hydrogen-bond donors (Lipinski definition) is 3. The molecule has 1 amide bonds. The van der Waals surface area contributed by atoms with Crippen molar-refractivity contribution >= 4 is 27.3 Å². The van der Waals surface area contributed by atoms with Gasteiger partial charge in [-0.3, -0.25) is 14.2 Å². The molecule has 2 aromatic rings. The van der Waals surface area contributed by atoms with Gasteiger partial charge in [-0.05, 0) is 37.6 Å². The van der Waals surface area contributed by atoms with E-state index in [-0.39, 0.29) is 47.0 Å². The zero-order valence-electron chi connectivity index (χ0n) is 16.2. The Morgan fingerprint density at radius 3 is 2.43 bits per heavy atom. The fraction of sp³-hybridized carbons (Fsp3) is 0.278. The number of hydrogen-bond acceptors (Lipinski definition) is 9. The van der Waals surface area contributed by atoms with Gasteiger partial charge in [-0.1, -0.05) is 0 Å². The first-order valence-corrected chi connectivity index (χ1v) is 10.1. The highest BCUT2D eigenvalue weighted by atomic mass is 32.2. The van der Waals surface area contributed by atoms with Crippen molar-refractivity contribution in [3.8, 4) is 11.9 Å². The number of sulfonamides is 1. The molecule has 0 aliphatic carbocycles. The molecule has 12 heteroatoms. The molecule has 2 rings (SSSR count). The molecule has 0 radical (unpaired) electrons. The molecule has 3 N–H and O–H groups in total. The van der Waals surface area contributed by atoms with Crippen LogP contribution in [0.5, 0.6) is 5.88 Å². The highest BCUT2D eigenvalue weighted by Gasteiger charge is 2.19. The number of benzene rings is 1. The number of aromatic nitrogens is 1. The smallest absolute Gasteiger partial charge is 0.281 e. The van der Waals surface area contributed by atoms with Crippen LogP contribution in [0.4, 0.5) is 11.4 Å². The molecule has 0 spiro atoms. The average molecular weight is 433 g/mol. The van der Waals surface area contributed by atoms with Crippen LogP contribution in [0.1, 0.15) is 24.5 Å². The Hall–Kier alpha value is -3.56. The van der Waals surface area contributed by atoms with E-state index in [1.807, 2.05) is 10.8 Å². The first kappa shape index (κ1) is 22.7. The number of aromatic hydroxyl groups is 1. The molecule has 0 saturated heterocycles. The lowest BCUT2D eigenvalue weighted by Crippen LogP contribution is -2.28. The summed E-state index contributed by atoms with van der Waals surface area (Å²) in [6, 6.07) is 6.88. The molecule has 1 heterocycles. The number of aliphatic hydroxyl groups is 1. The summed E-state index contributed by atoms with van der Waals surface area (Å²) in [5.74, 6) is -1.24. The van der Waals surface area contributed by atoms with Crippen LogP contribution in [0.25, 0.3) is 0 Å². The van der Waals surface area contributed by atoms with Crippen molar-refractivity contribution in [2.45, 2.75) is 31.7 Å². The number of carbonyl (C=O) groups excluding carboxylic acids is 1. The third-order valence-corrected chi connectivity index (χ3v) is 5.45. The highest BCUT2D eigenvalue weighted by molar-refractivity contribution is 7.90. The summed E-state index contributed by atoms with van der Waals surface area (Å²) < 4.78 is 26.7. The second-order valence-electron chi connectivity index (χ2n) is 6.17. The van der Waals surface area contributed by atoms with E-state index in [9.17, 15) is 28.4 Å². The molecule has 0 saturated carbocycles. The molecule has 0 unspecified atom stereocenters.